The molecule has 2 aromatic rings. The van der Waals surface area contributed by atoms with Crippen molar-refractivity contribution in [1.29, 1.82) is 0 Å². The average Bonchev–Trinajstić information content (AvgIpc) is 3.15. The predicted octanol–water partition coefficient (Wildman–Crippen LogP) is 3.60. The summed E-state index contributed by atoms with van der Waals surface area (Å²) in [5.41, 5.74) is 1.47. The van der Waals surface area contributed by atoms with Crippen LogP contribution in [0.4, 0.5) is 5.69 Å². The molecule has 190 valence electrons. The number of anilines is 1. The van der Waals surface area contributed by atoms with Gasteiger partial charge in [0.1, 0.15) is 0 Å². The second-order valence-corrected chi connectivity index (χ2v) is 13.2. The van der Waals surface area contributed by atoms with Crippen LogP contribution in [0.1, 0.15) is 44.1 Å². The van der Waals surface area contributed by atoms with E-state index in [1.165, 1.54) is 16.4 Å². The molecule has 10 heteroatoms. The zero-order chi connectivity index (χ0) is 25.1. The van der Waals surface area contributed by atoms with Crippen molar-refractivity contribution in [3.8, 4) is 0 Å². The molecule has 0 unspecified atom stereocenters. The lowest BCUT2D eigenvalue weighted by Crippen LogP contribution is -2.43. The van der Waals surface area contributed by atoms with Crippen molar-refractivity contribution in [2.24, 2.45) is 5.92 Å². The molecule has 2 aliphatic rings. The molecule has 2 fully saturated rings. The fourth-order valence-corrected chi connectivity index (χ4v) is 7.66. The first kappa shape index (κ1) is 25.8. The van der Waals surface area contributed by atoms with Crippen molar-refractivity contribution in [3.63, 3.8) is 0 Å². The molecule has 0 spiro atoms. The number of carbonyl (C=O) groups is 1. The minimum atomic E-state index is -3.67. The molecule has 2 aliphatic heterocycles. The molecule has 2 saturated heterocycles. The topological polar surface area (TPSA) is 104 Å². The number of hydrogen-bond donors (Lipinski definition) is 1. The number of benzene rings is 2. The molecule has 0 aromatic heterocycles. The molecule has 0 bridgehead atoms. The Balaban J connectivity index is 1.40. The van der Waals surface area contributed by atoms with Gasteiger partial charge in [0.2, 0.25) is 26.0 Å². The quantitative estimate of drug-likeness (QED) is 0.628. The first-order valence-electron chi connectivity index (χ1n) is 12.2. The molecule has 0 radical (unpaired) electrons. The number of nitrogens with zero attached hydrogens (tertiary/aromatic N) is 2. The van der Waals surface area contributed by atoms with Crippen LogP contribution in [0.5, 0.6) is 0 Å². The molecule has 1 atom stereocenters. The number of amides is 1. The molecule has 8 nitrogen and oxygen atoms in total. The van der Waals surface area contributed by atoms with E-state index in [0.29, 0.717) is 38.2 Å². The van der Waals surface area contributed by atoms with Gasteiger partial charge in [0.05, 0.1) is 15.7 Å². The van der Waals surface area contributed by atoms with Gasteiger partial charge in [-0.2, -0.15) is 8.61 Å². The van der Waals surface area contributed by atoms with Crippen LogP contribution in [0.2, 0.25) is 0 Å². The normalized spacial score (nSPS) is 20.8. The summed E-state index contributed by atoms with van der Waals surface area (Å²) >= 11 is 0. The Bertz CT molecular complexity index is 1240. The largest absolute Gasteiger partial charge is 0.326 e. The minimum Gasteiger partial charge on any atom is -0.326 e. The molecule has 1 amide bonds. The van der Waals surface area contributed by atoms with Crippen LogP contribution in [-0.4, -0.2) is 57.5 Å². The summed E-state index contributed by atoms with van der Waals surface area (Å²) in [7, 11) is -7.23. The Morgan fingerprint density at radius 2 is 1.26 bits per heavy atom. The van der Waals surface area contributed by atoms with E-state index in [9.17, 15) is 21.6 Å². The third-order valence-electron chi connectivity index (χ3n) is 6.74. The Kier molecular flexibility index (Phi) is 7.95. The smallest absolute Gasteiger partial charge is 0.243 e. The van der Waals surface area contributed by atoms with Crippen LogP contribution < -0.4 is 5.32 Å². The van der Waals surface area contributed by atoms with Crippen molar-refractivity contribution in [2.45, 2.75) is 55.2 Å². The number of nitrogens with one attached hydrogen (secondary N) is 1. The zero-order valence-corrected chi connectivity index (χ0v) is 21.7. The molecular weight excluding hydrogens is 486 g/mol. The van der Waals surface area contributed by atoms with E-state index >= 15 is 0 Å². The lowest BCUT2D eigenvalue weighted by molar-refractivity contribution is -0.120. The molecule has 0 saturated carbocycles. The van der Waals surface area contributed by atoms with E-state index in [-0.39, 0.29) is 22.2 Å². The summed E-state index contributed by atoms with van der Waals surface area (Å²) in [6.07, 6.45) is 5.00. The first-order valence-corrected chi connectivity index (χ1v) is 15.0. The molecular formula is C25H33N3O5S2. The van der Waals surface area contributed by atoms with Gasteiger partial charge in [0.25, 0.3) is 0 Å². The minimum absolute atomic E-state index is 0.115. The van der Waals surface area contributed by atoms with Crippen LogP contribution in [0.15, 0.2) is 58.3 Å². The number of sulfonamides is 2. The van der Waals surface area contributed by atoms with Gasteiger partial charge in [-0.05, 0) is 69.0 Å². The number of piperidine rings is 1. The third kappa shape index (κ3) is 5.94. The molecule has 35 heavy (non-hydrogen) atoms. The maximum Gasteiger partial charge on any atom is 0.243 e. The molecule has 2 heterocycles. The second-order valence-electron chi connectivity index (χ2n) is 9.35. The SMILES string of the molecule is Cc1ccc(S(=O)(=O)N2CCC[C@H](C(=O)Nc3ccc(S(=O)(=O)N4CCCCCC4)cc3)C2)cc1. The van der Waals surface area contributed by atoms with Gasteiger partial charge in [-0.25, -0.2) is 16.8 Å². The maximum atomic E-state index is 13.0. The number of rotatable bonds is 6. The zero-order valence-electron chi connectivity index (χ0n) is 20.0. The Morgan fingerprint density at radius 3 is 1.86 bits per heavy atom. The highest BCUT2D eigenvalue weighted by molar-refractivity contribution is 7.89. The first-order chi connectivity index (χ1) is 16.7. The average molecular weight is 520 g/mol. The van der Waals surface area contributed by atoms with Gasteiger partial charge in [-0.15, -0.1) is 0 Å². The van der Waals surface area contributed by atoms with Gasteiger partial charge in [-0.1, -0.05) is 30.5 Å². The molecule has 4 rings (SSSR count). The lowest BCUT2D eigenvalue weighted by atomic mass is 9.99. The summed E-state index contributed by atoms with van der Waals surface area (Å²) in [5, 5.41) is 2.83. The summed E-state index contributed by atoms with van der Waals surface area (Å²) in [6.45, 7) is 3.45. The molecule has 0 aliphatic carbocycles. The summed E-state index contributed by atoms with van der Waals surface area (Å²) in [5.74, 6) is -0.749. The Hall–Kier alpha value is -2.27. The van der Waals surface area contributed by atoms with E-state index in [1.54, 1.807) is 40.7 Å². The van der Waals surface area contributed by atoms with Crippen molar-refractivity contribution in [3.05, 3.63) is 54.1 Å². The number of carbonyl (C=O) groups excluding carboxylic acids is 1. The highest BCUT2D eigenvalue weighted by atomic mass is 32.2. The fraction of sp³-hybridized carbons (Fsp3) is 0.480. The summed E-state index contributed by atoms with van der Waals surface area (Å²) in [6, 6.07) is 12.9. The number of aryl methyl sites for hydroxylation is 1. The van der Waals surface area contributed by atoms with Crippen molar-refractivity contribution < 1.29 is 21.6 Å². The summed E-state index contributed by atoms with van der Waals surface area (Å²) < 4.78 is 54.9. The van der Waals surface area contributed by atoms with Crippen LogP contribution in [0.25, 0.3) is 0 Å². The highest BCUT2D eigenvalue weighted by Gasteiger charge is 2.33. The maximum absolute atomic E-state index is 13.0. The molecule has 2 aromatic carbocycles. The van der Waals surface area contributed by atoms with E-state index in [2.05, 4.69) is 5.32 Å². The van der Waals surface area contributed by atoms with E-state index in [0.717, 1.165) is 31.2 Å². The van der Waals surface area contributed by atoms with Gasteiger partial charge in [0.15, 0.2) is 0 Å². The van der Waals surface area contributed by atoms with Crippen LogP contribution in [0.3, 0.4) is 0 Å². The van der Waals surface area contributed by atoms with Gasteiger partial charge >= 0.3 is 0 Å². The standard InChI is InChI=1S/C25H33N3O5S2/c1-20-8-12-23(13-9-20)35(32,33)28-18-6-7-21(19-28)25(29)26-22-10-14-24(15-11-22)34(30,31)27-16-4-2-3-5-17-27/h8-15,21H,2-7,16-19H2,1H3,(H,26,29)/t21-/m0/s1. The van der Waals surface area contributed by atoms with Crippen LogP contribution in [-0.2, 0) is 24.8 Å². The van der Waals surface area contributed by atoms with Crippen molar-refractivity contribution in [1.82, 2.24) is 8.61 Å². The van der Waals surface area contributed by atoms with Gasteiger partial charge < -0.3 is 5.32 Å². The number of hydrogen-bond acceptors (Lipinski definition) is 5. The van der Waals surface area contributed by atoms with Gasteiger partial charge in [0, 0.05) is 31.9 Å². The molecule has 1 N–H and O–H groups in total. The van der Waals surface area contributed by atoms with Crippen LogP contribution in [0, 0.1) is 12.8 Å². The van der Waals surface area contributed by atoms with Gasteiger partial charge in [-0.3, -0.25) is 4.79 Å². The van der Waals surface area contributed by atoms with E-state index < -0.39 is 26.0 Å². The van der Waals surface area contributed by atoms with Crippen molar-refractivity contribution in [2.75, 3.05) is 31.5 Å². The van der Waals surface area contributed by atoms with Crippen molar-refractivity contribution >= 4 is 31.6 Å². The predicted molar refractivity (Wildman–Crippen MR) is 135 cm³/mol. The lowest BCUT2D eigenvalue weighted by Gasteiger charge is -2.31. The Morgan fingerprint density at radius 1 is 0.743 bits per heavy atom. The van der Waals surface area contributed by atoms with E-state index in [4.69, 9.17) is 0 Å². The van der Waals surface area contributed by atoms with Crippen LogP contribution >= 0.6 is 0 Å². The fourth-order valence-electron chi connectivity index (χ4n) is 4.62. The summed E-state index contributed by atoms with van der Waals surface area (Å²) in [4.78, 5) is 13.4. The third-order valence-corrected chi connectivity index (χ3v) is 10.5. The van der Waals surface area contributed by atoms with E-state index in [1.807, 2.05) is 6.92 Å². The Labute approximate surface area is 208 Å². The monoisotopic (exact) mass is 519 g/mol. The second kappa shape index (κ2) is 10.8. The highest BCUT2D eigenvalue weighted by Crippen LogP contribution is 2.26.